The minimum Gasteiger partial charge on any atom is -0.388 e. The van der Waals surface area contributed by atoms with E-state index in [4.69, 9.17) is 19.4 Å². The van der Waals surface area contributed by atoms with Crippen LogP contribution < -0.4 is 5.48 Å². The van der Waals surface area contributed by atoms with Crippen LogP contribution in [0.2, 0.25) is 0 Å². The highest BCUT2D eigenvalue weighted by molar-refractivity contribution is 4.78. The van der Waals surface area contributed by atoms with Gasteiger partial charge in [0.15, 0.2) is 6.29 Å². The van der Waals surface area contributed by atoms with E-state index in [1.165, 1.54) is 0 Å². The molecule has 0 saturated carbocycles. The van der Waals surface area contributed by atoms with E-state index in [1.807, 2.05) is 12.4 Å². The first kappa shape index (κ1) is 15.8. The standard InChI is InChI=1S/C12H25NO5/c1-3-10-8-9(2)11(14)12(18-10)17-7-6-16-5-4-13-15/h9-15H,3-8H2,1-2H3/t9?,10-,11?,12?/m0/s1. The molecule has 1 heterocycles. The Kier molecular flexibility index (Phi) is 7.73. The van der Waals surface area contributed by atoms with E-state index in [0.717, 1.165) is 12.8 Å². The van der Waals surface area contributed by atoms with Gasteiger partial charge in [0.05, 0.1) is 25.9 Å². The molecule has 0 aromatic heterocycles. The molecule has 3 N–H and O–H groups in total. The summed E-state index contributed by atoms with van der Waals surface area (Å²) in [5, 5.41) is 18.3. The highest BCUT2D eigenvalue weighted by atomic mass is 16.7. The van der Waals surface area contributed by atoms with Gasteiger partial charge in [-0.3, -0.25) is 0 Å². The molecule has 1 rings (SSSR count). The van der Waals surface area contributed by atoms with Crippen molar-refractivity contribution in [3.05, 3.63) is 0 Å². The molecule has 0 aromatic rings. The van der Waals surface area contributed by atoms with Crippen molar-refractivity contribution < 1.29 is 24.5 Å². The second-order valence-electron chi connectivity index (χ2n) is 4.63. The number of aliphatic hydroxyl groups is 1. The van der Waals surface area contributed by atoms with E-state index in [9.17, 15) is 5.11 Å². The van der Waals surface area contributed by atoms with Crippen molar-refractivity contribution in [1.82, 2.24) is 5.48 Å². The van der Waals surface area contributed by atoms with Crippen LogP contribution in [0, 0.1) is 5.92 Å². The molecule has 0 amide bonds. The van der Waals surface area contributed by atoms with Crippen molar-refractivity contribution in [2.45, 2.75) is 45.2 Å². The average Bonchev–Trinajstić information content (AvgIpc) is 2.38. The minimum absolute atomic E-state index is 0.160. The van der Waals surface area contributed by atoms with Gasteiger partial charge in [-0.25, -0.2) is 5.48 Å². The van der Waals surface area contributed by atoms with E-state index in [-0.39, 0.29) is 12.0 Å². The molecule has 0 radical (unpaired) electrons. The zero-order valence-electron chi connectivity index (χ0n) is 11.2. The van der Waals surface area contributed by atoms with Crippen LogP contribution in [-0.2, 0) is 14.2 Å². The second-order valence-corrected chi connectivity index (χ2v) is 4.63. The molecular formula is C12H25NO5. The fraction of sp³-hybridized carbons (Fsp3) is 1.00. The Labute approximate surface area is 108 Å². The molecule has 108 valence electrons. The lowest BCUT2D eigenvalue weighted by Gasteiger charge is -2.37. The van der Waals surface area contributed by atoms with E-state index in [0.29, 0.717) is 26.4 Å². The molecule has 4 atom stereocenters. The third-order valence-corrected chi connectivity index (χ3v) is 3.15. The van der Waals surface area contributed by atoms with Gasteiger partial charge in [-0.05, 0) is 18.8 Å². The highest BCUT2D eigenvalue weighted by Crippen LogP contribution is 2.27. The molecule has 1 aliphatic rings. The van der Waals surface area contributed by atoms with Crippen LogP contribution in [0.15, 0.2) is 0 Å². The van der Waals surface area contributed by atoms with Crippen LogP contribution >= 0.6 is 0 Å². The van der Waals surface area contributed by atoms with Gasteiger partial charge in [0.2, 0.25) is 0 Å². The first-order valence-electron chi connectivity index (χ1n) is 6.58. The van der Waals surface area contributed by atoms with Crippen LogP contribution in [0.3, 0.4) is 0 Å². The maximum absolute atomic E-state index is 9.96. The van der Waals surface area contributed by atoms with Crippen LogP contribution in [0.5, 0.6) is 0 Å². The molecule has 18 heavy (non-hydrogen) atoms. The fourth-order valence-corrected chi connectivity index (χ4v) is 1.99. The van der Waals surface area contributed by atoms with Crippen molar-refractivity contribution >= 4 is 0 Å². The molecule has 0 bridgehead atoms. The van der Waals surface area contributed by atoms with Gasteiger partial charge in [-0.2, -0.15) is 0 Å². The van der Waals surface area contributed by atoms with Crippen molar-refractivity contribution in [3.8, 4) is 0 Å². The highest BCUT2D eigenvalue weighted by Gasteiger charge is 2.34. The largest absolute Gasteiger partial charge is 0.388 e. The predicted octanol–water partition coefficient (Wildman–Crippen LogP) is 0.520. The Hall–Kier alpha value is -0.240. The Balaban J connectivity index is 2.18. The van der Waals surface area contributed by atoms with Gasteiger partial charge < -0.3 is 24.5 Å². The van der Waals surface area contributed by atoms with E-state index in [2.05, 4.69) is 6.92 Å². The Morgan fingerprint density at radius 2 is 2.11 bits per heavy atom. The maximum Gasteiger partial charge on any atom is 0.184 e. The van der Waals surface area contributed by atoms with Crippen LogP contribution in [0.25, 0.3) is 0 Å². The molecule has 6 nitrogen and oxygen atoms in total. The van der Waals surface area contributed by atoms with Crippen LogP contribution in [0.1, 0.15) is 26.7 Å². The number of aliphatic hydroxyl groups excluding tert-OH is 1. The molecule has 1 aliphatic heterocycles. The second kappa shape index (κ2) is 8.79. The van der Waals surface area contributed by atoms with E-state index < -0.39 is 12.4 Å². The third-order valence-electron chi connectivity index (χ3n) is 3.15. The zero-order chi connectivity index (χ0) is 13.4. The van der Waals surface area contributed by atoms with Gasteiger partial charge in [0, 0.05) is 6.54 Å². The zero-order valence-corrected chi connectivity index (χ0v) is 11.2. The first-order valence-corrected chi connectivity index (χ1v) is 6.58. The van der Waals surface area contributed by atoms with Gasteiger partial charge in [0.1, 0.15) is 6.10 Å². The summed E-state index contributed by atoms with van der Waals surface area (Å²) in [4.78, 5) is 0. The van der Waals surface area contributed by atoms with Gasteiger partial charge in [0.25, 0.3) is 0 Å². The van der Waals surface area contributed by atoms with Crippen LogP contribution in [0.4, 0.5) is 0 Å². The quantitative estimate of drug-likeness (QED) is 0.437. The molecule has 0 aromatic carbocycles. The maximum atomic E-state index is 9.96. The summed E-state index contributed by atoms with van der Waals surface area (Å²) in [5.41, 5.74) is 2.00. The van der Waals surface area contributed by atoms with Crippen molar-refractivity contribution in [2.75, 3.05) is 26.4 Å². The number of hydrogen-bond donors (Lipinski definition) is 3. The van der Waals surface area contributed by atoms with E-state index >= 15 is 0 Å². The topological polar surface area (TPSA) is 80.2 Å². The van der Waals surface area contributed by atoms with Crippen LogP contribution in [-0.4, -0.2) is 55.2 Å². The SMILES string of the molecule is CC[C@H]1CC(C)C(O)C(OCCOCCNO)O1. The summed E-state index contributed by atoms with van der Waals surface area (Å²) in [7, 11) is 0. The van der Waals surface area contributed by atoms with Gasteiger partial charge in [-0.15, -0.1) is 0 Å². The summed E-state index contributed by atoms with van der Waals surface area (Å²) < 4.78 is 16.4. The Morgan fingerprint density at radius 1 is 1.33 bits per heavy atom. The van der Waals surface area contributed by atoms with Gasteiger partial charge in [-0.1, -0.05) is 13.8 Å². The number of hydrogen-bond acceptors (Lipinski definition) is 6. The average molecular weight is 263 g/mol. The molecule has 3 unspecified atom stereocenters. The summed E-state index contributed by atoms with van der Waals surface area (Å²) in [5.74, 6) is 0.188. The molecule has 0 aliphatic carbocycles. The predicted molar refractivity (Wildman–Crippen MR) is 65.3 cm³/mol. The molecule has 0 spiro atoms. The Morgan fingerprint density at radius 3 is 2.78 bits per heavy atom. The summed E-state index contributed by atoms with van der Waals surface area (Å²) in [6, 6.07) is 0. The number of hydroxylamine groups is 1. The van der Waals surface area contributed by atoms with Crippen molar-refractivity contribution in [3.63, 3.8) is 0 Å². The molecule has 1 saturated heterocycles. The monoisotopic (exact) mass is 263 g/mol. The normalized spacial score (nSPS) is 32.7. The smallest absolute Gasteiger partial charge is 0.184 e. The summed E-state index contributed by atoms with van der Waals surface area (Å²) >= 11 is 0. The first-order chi connectivity index (χ1) is 8.69. The van der Waals surface area contributed by atoms with Gasteiger partial charge >= 0.3 is 0 Å². The minimum atomic E-state index is -0.577. The molecular weight excluding hydrogens is 238 g/mol. The Bertz CT molecular complexity index is 217. The number of rotatable bonds is 8. The van der Waals surface area contributed by atoms with Crippen molar-refractivity contribution in [1.29, 1.82) is 0 Å². The summed E-state index contributed by atoms with van der Waals surface area (Å²) in [6.07, 6.45) is 0.823. The lowest BCUT2D eigenvalue weighted by Crippen LogP contribution is -2.45. The number of nitrogens with one attached hydrogen (secondary N) is 1. The number of ether oxygens (including phenoxy) is 3. The van der Waals surface area contributed by atoms with Crippen molar-refractivity contribution in [2.24, 2.45) is 5.92 Å². The van der Waals surface area contributed by atoms with E-state index in [1.54, 1.807) is 0 Å². The molecule has 6 heteroatoms. The summed E-state index contributed by atoms with van der Waals surface area (Å²) in [6.45, 7) is 5.67. The fourth-order valence-electron chi connectivity index (χ4n) is 1.99. The molecule has 1 fully saturated rings. The lowest BCUT2D eigenvalue weighted by atomic mass is 9.93. The third kappa shape index (κ3) is 5.17. The lowest BCUT2D eigenvalue weighted by molar-refractivity contribution is -0.257.